The van der Waals surface area contributed by atoms with Crippen LogP contribution in [0.5, 0.6) is 5.88 Å². The van der Waals surface area contributed by atoms with Crippen molar-refractivity contribution in [1.29, 1.82) is 0 Å². The zero-order valence-corrected chi connectivity index (χ0v) is 8.12. The Kier molecular flexibility index (Phi) is 1.74. The van der Waals surface area contributed by atoms with Crippen LogP contribution in [0.2, 0.25) is 0 Å². The second kappa shape index (κ2) is 2.95. The standard InChI is InChI=1S/C11H14N2O/c1-2-9-10(13-5-1)14-8-11(9)3-6-12-7-4-11/h1-2,5,12H,3-4,6-8H2. The molecule has 1 spiro atoms. The van der Waals surface area contributed by atoms with Gasteiger partial charge in [0, 0.05) is 17.2 Å². The molecule has 1 aromatic rings. The largest absolute Gasteiger partial charge is 0.476 e. The molecule has 0 unspecified atom stereocenters. The molecule has 1 aromatic heterocycles. The lowest BCUT2D eigenvalue weighted by molar-refractivity contribution is 0.217. The molecule has 0 radical (unpaired) electrons. The lowest BCUT2D eigenvalue weighted by Crippen LogP contribution is -2.40. The number of nitrogens with zero attached hydrogens (tertiary/aromatic N) is 1. The number of piperidine rings is 1. The first-order chi connectivity index (χ1) is 6.91. The van der Waals surface area contributed by atoms with Crippen molar-refractivity contribution in [3.8, 4) is 5.88 Å². The van der Waals surface area contributed by atoms with Gasteiger partial charge in [0.15, 0.2) is 0 Å². The minimum absolute atomic E-state index is 0.259. The molecule has 74 valence electrons. The van der Waals surface area contributed by atoms with Crippen molar-refractivity contribution in [2.24, 2.45) is 0 Å². The fraction of sp³-hybridized carbons (Fsp3) is 0.545. The fourth-order valence-corrected chi connectivity index (χ4v) is 2.51. The Labute approximate surface area is 83.5 Å². The van der Waals surface area contributed by atoms with Gasteiger partial charge in [-0.1, -0.05) is 6.07 Å². The van der Waals surface area contributed by atoms with Crippen molar-refractivity contribution in [3.63, 3.8) is 0 Å². The summed E-state index contributed by atoms with van der Waals surface area (Å²) in [7, 11) is 0. The van der Waals surface area contributed by atoms with Crippen molar-refractivity contribution >= 4 is 0 Å². The van der Waals surface area contributed by atoms with Crippen LogP contribution in [0.15, 0.2) is 18.3 Å². The van der Waals surface area contributed by atoms with Gasteiger partial charge in [-0.15, -0.1) is 0 Å². The lowest BCUT2D eigenvalue weighted by atomic mass is 9.75. The van der Waals surface area contributed by atoms with E-state index in [9.17, 15) is 0 Å². The third kappa shape index (κ3) is 1.05. The number of ether oxygens (including phenoxy) is 1. The third-order valence-corrected chi connectivity index (χ3v) is 3.39. The molecule has 3 heterocycles. The first-order valence-corrected chi connectivity index (χ1v) is 5.20. The first-order valence-electron chi connectivity index (χ1n) is 5.20. The van der Waals surface area contributed by atoms with Crippen molar-refractivity contribution in [3.05, 3.63) is 23.9 Å². The van der Waals surface area contributed by atoms with Gasteiger partial charge in [-0.3, -0.25) is 0 Å². The van der Waals surface area contributed by atoms with Crippen LogP contribution in [0.4, 0.5) is 0 Å². The van der Waals surface area contributed by atoms with E-state index in [0.29, 0.717) is 0 Å². The molecule has 0 aromatic carbocycles. The number of nitrogens with one attached hydrogen (secondary N) is 1. The van der Waals surface area contributed by atoms with Gasteiger partial charge in [0.05, 0.1) is 6.61 Å². The van der Waals surface area contributed by atoms with Gasteiger partial charge in [0.1, 0.15) is 0 Å². The van der Waals surface area contributed by atoms with Crippen molar-refractivity contribution < 1.29 is 4.74 Å². The van der Waals surface area contributed by atoms with Crippen molar-refractivity contribution in [1.82, 2.24) is 10.3 Å². The molecule has 1 saturated heterocycles. The molecule has 3 nitrogen and oxygen atoms in total. The molecule has 14 heavy (non-hydrogen) atoms. The average molecular weight is 190 g/mol. The maximum Gasteiger partial charge on any atom is 0.217 e. The molecule has 0 amide bonds. The van der Waals surface area contributed by atoms with Gasteiger partial charge < -0.3 is 10.1 Å². The van der Waals surface area contributed by atoms with Gasteiger partial charge in [0.2, 0.25) is 5.88 Å². The highest BCUT2D eigenvalue weighted by Crippen LogP contribution is 2.42. The van der Waals surface area contributed by atoms with E-state index in [4.69, 9.17) is 4.74 Å². The third-order valence-electron chi connectivity index (χ3n) is 3.39. The van der Waals surface area contributed by atoms with E-state index in [1.165, 1.54) is 18.4 Å². The molecular weight excluding hydrogens is 176 g/mol. The Morgan fingerprint density at radius 2 is 2.21 bits per heavy atom. The van der Waals surface area contributed by atoms with E-state index >= 15 is 0 Å². The summed E-state index contributed by atoms with van der Waals surface area (Å²) in [6.45, 7) is 3.01. The summed E-state index contributed by atoms with van der Waals surface area (Å²) in [4.78, 5) is 4.27. The highest BCUT2D eigenvalue weighted by atomic mass is 16.5. The molecule has 0 bridgehead atoms. The van der Waals surface area contributed by atoms with Gasteiger partial charge in [-0.05, 0) is 32.0 Å². The van der Waals surface area contributed by atoms with Crippen molar-refractivity contribution in [2.75, 3.05) is 19.7 Å². The SMILES string of the molecule is c1cnc2c(c1)C1(CCNCC1)CO2. The van der Waals surface area contributed by atoms with Crippen LogP contribution in [0, 0.1) is 0 Å². The molecule has 2 aliphatic heterocycles. The highest BCUT2D eigenvalue weighted by molar-refractivity contribution is 5.38. The minimum atomic E-state index is 0.259. The fourth-order valence-electron chi connectivity index (χ4n) is 2.51. The van der Waals surface area contributed by atoms with Gasteiger partial charge in [-0.25, -0.2) is 4.98 Å². The topological polar surface area (TPSA) is 34.2 Å². The van der Waals surface area contributed by atoms with Crippen LogP contribution in [-0.2, 0) is 5.41 Å². The number of hydrogen-bond donors (Lipinski definition) is 1. The number of pyridine rings is 1. The van der Waals surface area contributed by atoms with Crippen LogP contribution in [0.3, 0.4) is 0 Å². The summed E-state index contributed by atoms with van der Waals surface area (Å²) in [6.07, 6.45) is 4.15. The molecule has 0 saturated carbocycles. The Morgan fingerprint density at radius 1 is 1.36 bits per heavy atom. The number of aromatic nitrogens is 1. The summed E-state index contributed by atoms with van der Waals surface area (Å²) in [5, 5.41) is 3.39. The molecule has 1 N–H and O–H groups in total. The Balaban J connectivity index is 2.03. The smallest absolute Gasteiger partial charge is 0.217 e. The summed E-state index contributed by atoms with van der Waals surface area (Å²) in [6, 6.07) is 4.18. The van der Waals surface area contributed by atoms with E-state index in [2.05, 4.69) is 16.4 Å². The van der Waals surface area contributed by atoms with E-state index in [1.807, 2.05) is 6.07 Å². The molecule has 3 rings (SSSR count). The molecule has 0 aliphatic carbocycles. The van der Waals surface area contributed by atoms with E-state index in [0.717, 1.165) is 25.6 Å². The Bertz CT molecular complexity index is 339. The van der Waals surface area contributed by atoms with Crippen LogP contribution in [0.25, 0.3) is 0 Å². The second-order valence-electron chi connectivity index (χ2n) is 4.18. The summed E-state index contributed by atoms with van der Waals surface area (Å²) in [5.41, 5.74) is 1.58. The molecule has 0 atom stereocenters. The van der Waals surface area contributed by atoms with E-state index in [1.54, 1.807) is 6.20 Å². The normalized spacial score (nSPS) is 23.1. The lowest BCUT2D eigenvalue weighted by Gasteiger charge is -2.32. The van der Waals surface area contributed by atoms with Crippen LogP contribution in [-0.4, -0.2) is 24.7 Å². The number of rotatable bonds is 0. The minimum Gasteiger partial charge on any atom is -0.476 e. The number of hydrogen-bond acceptors (Lipinski definition) is 3. The van der Waals surface area contributed by atoms with Gasteiger partial charge >= 0.3 is 0 Å². The Morgan fingerprint density at radius 3 is 3.07 bits per heavy atom. The van der Waals surface area contributed by atoms with Crippen molar-refractivity contribution in [2.45, 2.75) is 18.3 Å². The van der Waals surface area contributed by atoms with Crippen LogP contribution >= 0.6 is 0 Å². The maximum atomic E-state index is 5.65. The second-order valence-corrected chi connectivity index (χ2v) is 4.18. The zero-order chi connectivity index (χ0) is 9.43. The summed E-state index contributed by atoms with van der Waals surface area (Å²) >= 11 is 0. The summed E-state index contributed by atoms with van der Waals surface area (Å²) < 4.78 is 5.65. The molecule has 3 heteroatoms. The number of fused-ring (bicyclic) bond motifs is 2. The van der Waals surface area contributed by atoms with E-state index in [-0.39, 0.29) is 5.41 Å². The molecule has 2 aliphatic rings. The maximum absolute atomic E-state index is 5.65. The van der Waals surface area contributed by atoms with Gasteiger partial charge in [-0.2, -0.15) is 0 Å². The monoisotopic (exact) mass is 190 g/mol. The molecular formula is C11H14N2O. The van der Waals surface area contributed by atoms with Gasteiger partial charge in [0.25, 0.3) is 0 Å². The average Bonchev–Trinajstić information content (AvgIpc) is 2.60. The predicted octanol–water partition coefficient (Wildman–Crippen LogP) is 1.10. The molecule has 1 fully saturated rings. The van der Waals surface area contributed by atoms with E-state index < -0.39 is 0 Å². The summed E-state index contributed by atoms with van der Waals surface area (Å²) in [5.74, 6) is 0.856. The Hall–Kier alpha value is -1.09. The van der Waals surface area contributed by atoms with Crippen LogP contribution < -0.4 is 10.1 Å². The zero-order valence-electron chi connectivity index (χ0n) is 8.12. The first kappa shape index (κ1) is 8.24. The highest BCUT2D eigenvalue weighted by Gasteiger charge is 2.41. The quantitative estimate of drug-likeness (QED) is 0.665. The van der Waals surface area contributed by atoms with Crippen LogP contribution in [0.1, 0.15) is 18.4 Å². The predicted molar refractivity (Wildman–Crippen MR) is 53.5 cm³/mol.